The third-order valence-corrected chi connectivity index (χ3v) is 3.45. The minimum atomic E-state index is -0.940. The Morgan fingerprint density at radius 1 is 1.43 bits per heavy atom. The lowest BCUT2D eigenvalue weighted by Crippen LogP contribution is -2.31. The lowest BCUT2D eigenvalue weighted by molar-refractivity contribution is -0.148. The van der Waals surface area contributed by atoms with Crippen molar-refractivity contribution in [1.82, 2.24) is 5.32 Å². The van der Waals surface area contributed by atoms with Crippen molar-refractivity contribution in [3.05, 3.63) is 28.8 Å². The van der Waals surface area contributed by atoms with E-state index in [1.54, 1.807) is 19.9 Å². The molecule has 4 nitrogen and oxygen atoms in total. The van der Waals surface area contributed by atoms with Gasteiger partial charge >= 0.3 is 5.97 Å². The zero-order valence-corrected chi connectivity index (χ0v) is 13.8. The molecule has 118 valence electrons. The maximum Gasteiger partial charge on any atom is 0.312 e. The number of halogens is 1. The zero-order chi connectivity index (χ0) is 16.0. The molecule has 21 heavy (non-hydrogen) atoms. The van der Waals surface area contributed by atoms with E-state index < -0.39 is 11.4 Å². The zero-order valence-electron chi connectivity index (χ0n) is 13.1. The number of carboxylic acid groups (broad SMARTS) is 1. The number of hydrogen-bond donors (Lipinski definition) is 2. The average molecular weight is 314 g/mol. The number of carboxylic acids is 1. The van der Waals surface area contributed by atoms with Gasteiger partial charge < -0.3 is 15.2 Å². The highest BCUT2D eigenvalue weighted by Gasteiger charge is 2.28. The summed E-state index contributed by atoms with van der Waals surface area (Å²) < 4.78 is 5.70. The molecule has 0 aromatic heterocycles. The van der Waals surface area contributed by atoms with E-state index in [2.05, 4.69) is 19.2 Å². The molecule has 5 heteroatoms. The van der Waals surface area contributed by atoms with E-state index >= 15 is 0 Å². The largest absolute Gasteiger partial charge is 0.492 e. The predicted molar refractivity (Wildman–Crippen MR) is 84.9 cm³/mol. The number of ether oxygens (including phenoxy) is 1. The second kappa shape index (κ2) is 7.66. The first-order valence-corrected chi connectivity index (χ1v) is 7.46. The molecule has 0 saturated carbocycles. The van der Waals surface area contributed by atoms with Gasteiger partial charge in [0, 0.05) is 17.1 Å². The van der Waals surface area contributed by atoms with Gasteiger partial charge in [0.2, 0.25) is 0 Å². The van der Waals surface area contributed by atoms with E-state index in [4.69, 9.17) is 21.4 Å². The molecule has 2 N–H and O–H groups in total. The van der Waals surface area contributed by atoms with Gasteiger partial charge in [-0.1, -0.05) is 31.5 Å². The van der Waals surface area contributed by atoms with Crippen LogP contribution >= 0.6 is 11.6 Å². The van der Waals surface area contributed by atoms with Gasteiger partial charge in [0.1, 0.15) is 12.4 Å². The molecule has 0 radical (unpaired) electrons. The van der Waals surface area contributed by atoms with Gasteiger partial charge in [-0.25, -0.2) is 0 Å². The van der Waals surface area contributed by atoms with Crippen LogP contribution in [0.4, 0.5) is 0 Å². The van der Waals surface area contributed by atoms with Crippen molar-refractivity contribution in [3.63, 3.8) is 0 Å². The molecule has 0 spiro atoms. The third kappa shape index (κ3) is 5.56. The molecule has 1 aromatic rings. The summed E-state index contributed by atoms with van der Waals surface area (Å²) in [5, 5.41) is 13.1. The Balaban J connectivity index is 2.77. The molecule has 0 heterocycles. The average Bonchev–Trinajstić information content (AvgIpc) is 2.38. The van der Waals surface area contributed by atoms with Gasteiger partial charge in [-0.15, -0.1) is 0 Å². The Hall–Kier alpha value is -1.26. The number of benzene rings is 1. The number of rotatable bonds is 8. The molecule has 0 amide bonds. The van der Waals surface area contributed by atoms with Crippen LogP contribution in [0.1, 0.15) is 33.3 Å². The van der Waals surface area contributed by atoms with Gasteiger partial charge in [-0.3, -0.25) is 4.79 Å². The third-order valence-electron chi connectivity index (χ3n) is 3.10. The molecule has 0 bridgehead atoms. The number of nitrogens with one attached hydrogen (secondary N) is 1. The lowest BCUT2D eigenvalue weighted by atomic mass is 9.95. The maximum absolute atomic E-state index is 11.1. The molecule has 0 atom stereocenters. The smallest absolute Gasteiger partial charge is 0.312 e. The molecule has 1 aromatic carbocycles. The molecule has 0 aliphatic rings. The topological polar surface area (TPSA) is 58.6 Å². The summed E-state index contributed by atoms with van der Waals surface area (Å²) in [6.45, 7) is 9.11. The summed E-state index contributed by atoms with van der Waals surface area (Å²) in [6.07, 6.45) is 0. The van der Waals surface area contributed by atoms with Crippen molar-refractivity contribution >= 4 is 17.6 Å². The SMILES string of the molecule is CC(C)CNCc1c(Cl)cccc1OCC(C)(C)C(=O)O. The second-order valence-corrected chi connectivity index (χ2v) is 6.63. The Morgan fingerprint density at radius 2 is 2.10 bits per heavy atom. The highest BCUT2D eigenvalue weighted by Crippen LogP contribution is 2.28. The van der Waals surface area contributed by atoms with Crippen molar-refractivity contribution in [1.29, 1.82) is 0 Å². The fourth-order valence-electron chi connectivity index (χ4n) is 1.65. The van der Waals surface area contributed by atoms with Crippen LogP contribution in [-0.4, -0.2) is 24.2 Å². The Kier molecular flexibility index (Phi) is 6.49. The standard InChI is InChI=1S/C16H24ClNO3/c1-11(2)8-18-9-12-13(17)6-5-7-14(12)21-10-16(3,4)15(19)20/h5-7,11,18H,8-10H2,1-4H3,(H,19,20). The maximum atomic E-state index is 11.1. The summed E-state index contributed by atoms with van der Waals surface area (Å²) in [5.41, 5.74) is -0.0775. The first-order valence-electron chi connectivity index (χ1n) is 7.08. The molecule has 0 saturated heterocycles. The minimum absolute atomic E-state index is 0.0971. The van der Waals surface area contributed by atoms with Crippen molar-refractivity contribution < 1.29 is 14.6 Å². The normalized spacial score (nSPS) is 11.7. The Bertz CT molecular complexity index is 486. The van der Waals surface area contributed by atoms with Crippen LogP contribution in [0, 0.1) is 11.3 Å². The quantitative estimate of drug-likeness (QED) is 0.770. The van der Waals surface area contributed by atoms with E-state index in [9.17, 15) is 4.79 Å². The van der Waals surface area contributed by atoms with E-state index in [-0.39, 0.29) is 6.61 Å². The number of hydrogen-bond acceptors (Lipinski definition) is 3. The van der Waals surface area contributed by atoms with Crippen molar-refractivity contribution in [3.8, 4) is 5.75 Å². The second-order valence-electron chi connectivity index (χ2n) is 6.22. The fraction of sp³-hybridized carbons (Fsp3) is 0.562. The summed E-state index contributed by atoms with van der Waals surface area (Å²) >= 11 is 6.22. The van der Waals surface area contributed by atoms with Gasteiger partial charge in [-0.05, 0) is 38.4 Å². The van der Waals surface area contributed by atoms with Gasteiger partial charge in [0.15, 0.2) is 0 Å². The first kappa shape index (κ1) is 17.8. The molecule has 1 rings (SSSR count). The number of aliphatic carboxylic acids is 1. The van der Waals surface area contributed by atoms with Crippen LogP contribution in [0.2, 0.25) is 5.02 Å². The van der Waals surface area contributed by atoms with Crippen LogP contribution in [-0.2, 0) is 11.3 Å². The van der Waals surface area contributed by atoms with Crippen LogP contribution in [0.15, 0.2) is 18.2 Å². The van der Waals surface area contributed by atoms with E-state index in [1.807, 2.05) is 12.1 Å². The van der Waals surface area contributed by atoms with Gasteiger partial charge in [-0.2, -0.15) is 0 Å². The summed E-state index contributed by atoms with van der Waals surface area (Å²) in [6, 6.07) is 5.43. The Labute approximate surface area is 131 Å². The van der Waals surface area contributed by atoms with Crippen LogP contribution in [0.25, 0.3) is 0 Å². The Morgan fingerprint density at radius 3 is 2.67 bits per heavy atom. The monoisotopic (exact) mass is 313 g/mol. The van der Waals surface area contributed by atoms with Crippen molar-refractivity contribution in [2.45, 2.75) is 34.2 Å². The summed E-state index contributed by atoms with van der Waals surface area (Å²) in [7, 11) is 0. The summed E-state index contributed by atoms with van der Waals surface area (Å²) in [5.74, 6) is 0.292. The molecular weight excluding hydrogens is 290 g/mol. The number of carbonyl (C=O) groups is 1. The summed E-state index contributed by atoms with van der Waals surface area (Å²) in [4.78, 5) is 11.1. The molecular formula is C16H24ClNO3. The van der Waals surface area contributed by atoms with Gasteiger partial charge in [0.05, 0.1) is 5.41 Å². The first-order chi connectivity index (χ1) is 9.74. The predicted octanol–water partition coefficient (Wildman–Crippen LogP) is 3.58. The van der Waals surface area contributed by atoms with E-state index in [0.717, 1.165) is 12.1 Å². The van der Waals surface area contributed by atoms with Gasteiger partial charge in [0.25, 0.3) is 0 Å². The highest BCUT2D eigenvalue weighted by molar-refractivity contribution is 6.31. The molecule has 0 unspecified atom stereocenters. The van der Waals surface area contributed by atoms with Crippen molar-refractivity contribution in [2.75, 3.05) is 13.2 Å². The van der Waals surface area contributed by atoms with E-state index in [1.165, 1.54) is 0 Å². The fourth-order valence-corrected chi connectivity index (χ4v) is 1.88. The molecule has 0 aliphatic heterocycles. The van der Waals surface area contributed by atoms with E-state index in [0.29, 0.717) is 23.2 Å². The van der Waals surface area contributed by atoms with Crippen LogP contribution in [0.3, 0.4) is 0 Å². The van der Waals surface area contributed by atoms with Crippen LogP contribution in [0.5, 0.6) is 5.75 Å². The molecule has 0 aliphatic carbocycles. The minimum Gasteiger partial charge on any atom is -0.492 e. The lowest BCUT2D eigenvalue weighted by Gasteiger charge is -2.21. The van der Waals surface area contributed by atoms with Crippen LogP contribution < -0.4 is 10.1 Å². The highest BCUT2D eigenvalue weighted by atomic mass is 35.5. The van der Waals surface area contributed by atoms with Crippen molar-refractivity contribution in [2.24, 2.45) is 11.3 Å². The molecule has 0 fully saturated rings.